The van der Waals surface area contributed by atoms with Crippen LogP contribution in [0.4, 0.5) is 0 Å². The quantitative estimate of drug-likeness (QED) is 0.774. The molecule has 0 saturated carbocycles. The van der Waals surface area contributed by atoms with Crippen LogP contribution in [0.5, 0.6) is 0 Å². The first kappa shape index (κ1) is 14.5. The van der Waals surface area contributed by atoms with Crippen molar-refractivity contribution in [2.24, 2.45) is 11.8 Å². The molecule has 0 spiro atoms. The summed E-state index contributed by atoms with van der Waals surface area (Å²) in [5.41, 5.74) is 0. The van der Waals surface area contributed by atoms with Crippen LogP contribution in [0.25, 0.3) is 0 Å². The van der Waals surface area contributed by atoms with Gasteiger partial charge >= 0.3 is 0 Å². The molecule has 1 fully saturated rings. The minimum absolute atomic E-state index is 0.0317. The normalized spacial score (nSPS) is 26.9. The van der Waals surface area contributed by atoms with E-state index in [1.165, 1.54) is 0 Å². The molecule has 0 aliphatic carbocycles. The molecule has 1 saturated heterocycles. The van der Waals surface area contributed by atoms with E-state index >= 15 is 0 Å². The molecule has 0 bridgehead atoms. The van der Waals surface area contributed by atoms with Crippen LogP contribution in [0.2, 0.25) is 0 Å². The lowest BCUT2D eigenvalue weighted by Crippen LogP contribution is -2.42. The van der Waals surface area contributed by atoms with E-state index in [2.05, 4.69) is 44.8 Å². The lowest BCUT2D eigenvalue weighted by Gasteiger charge is -2.27. The molecule has 0 aromatic heterocycles. The molecule has 1 amide bonds. The van der Waals surface area contributed by atoms with Crippen LogP contribution in [0.15, 0.2) is 0 Å². The average molecular weight is 240 g/mol. The van der Waals surface area contributed by atoms with E-state index in [4.69, 9.17) is 0 Å². The van der Waals surface area contributed by atoms with Crippen molar-refractivity contribution in [3.8, 4) is 0 Å². The van der Waals surface area contributed by atoms with Crippen molar-refractivity contribution >= 4 is 5.91 Å². The summed E-state index contributed by atoms with van der Waals surface area (Å²) < 4.78 is 0. The standard InChI is InChI=1S/C14H28N2O/c1-6-8-9-16-13(10(3)4)15-12(14(16)17)11(5)7-2/h10-13,15H,6-9H2,1-5H3. The summed E-state index contributed by atoms with van der Waals surface area (Å²) in [6.07, 6.45) is 3.52. The van der Waals surface area contributed by atoms with Crippen molar-refractivity contribution in [1.82, 2.24) is 10.2 Å². The number of rotatable bonds is 6. The van der Waals surface area contributed by atoms with Gasteiger partial charge in [-0.25, -0.2) is 0 Å². The van der Waals surface area contributed by atoms with Crippen LogP contribution in [-0.4, -0.2) is 29.6 Å². The van der Waals surface area contributed by atoms with Crippen molar-refractivity contribution in [1.29, 1.82) is 0 Å². The summed E-state index contributed by atoms with van der Waals surface area (Å²) in [7, 11) is 0. The molecule has 100 valence electrons. The number of hydrogen-bond acceptors (Lipinski definition) is 2. The van der Waals surface area contributed by atoms with Gasteiger partial charge in [0.2, 0.25) is 5.91 Å². The second-order valence-electron chi connectivity index (χ2n) is 5.60. The first-order valence-electron chi connectivity index (χ1n) is 7.09. The third-order valence-corrected chi connectivity index (χ3v) is 3.83. The Labute approximate surface area is 106 Å². The molecular formula is C14H28N2O. The maximum absolute atomic E-state index is 12.4. The van der Waals surface area contributed by atoms with Gasteiger partial charge in [-0.15, -0.1) is 0 Å². The Morgan fingerprint density at radius 3 is 2.41 bits per heavy atom. The summed E-state index contributed by atoms with van der Waals surface area (Å²) in [6.45, 7) is 11.8. The second kappa shape index (κ2) is 6.39. The number of nitrogens with zero attached hydrogens (tertiary/aromatic N) is 1. The fraction of sp³-hybridized carbons (Fsp3) is 0.929. The second-order valence-corrected chi connectivity index (χ2v) is 5.60. The molecule has 1 aliphatic heterocycles. The molecule has 3 unspecified atom stereocenters. The highest BCUT2D eigenvalue weighted by Gasteiger charge is 2.41. The van der Waals surface area contributed by atoms with Crippen LogP contribution >= 0.6 is 0 Å². The molecule has 0 radical (unpaired) electrons. The molecule has 1 aliphatic rings. The Morgan fingerprint density at radius 1 is 1.29 bits per heavy atom. The highest BCUT2D eigenvalue weighted by Crippen LogP contribution is 2.23. The molecule has 0 aromatic rings. The van der Waals surface area contributed by atoms with E-state index in [0.717, 1.165) is 25.8 Å². The first-order chi connectivity index (χ1) is 8.02. The van der Waals surface area contributed by atoms with Gasteiger partial charge in [0.1, 0.15) is 0 Å². The van der Waals surface area contributed by atoms with E-state index < -0.39 is 0 Å². The number of carbonyl (C=O) groups is 1. The van der Waals surface area contributed by atoms with Gasteiger partial charge in [0.15, 0.2) is 0 Å². The zero-order valence-corrected chi connectivity index (χ0v) is 12.0. The summed E-state index contributed by atoms with van der Waals surface area (Å²) >= 11 is 0. The zero-order valence-electron chi connectivity index (χ0n) is 12.0. The van der Waals surface area contributed by atoms with Crippen molar-refractivity contribution in [2.75, 3.05) is 6.54 Å². The van der Waals surface area contributed by atoms with E-state index in [0.29, 0.717) is 17.7 Å². The fourth-order valence-electron chi connectivity index (χ4n) is 2.43. The molecular weight excluding hydrogens is 212 g/mol. The fourth-order valence-corrected chi connectivity index (χ4v) is 2.43. The Balaban J connectivity index is 2.74. The van der Waals surface area contributed by atoms with Crippen molar-refractivity contribution in [3.05, 3.63) is 0 Å². The van der Waals surface area contributed by atoms with E-state index in [9.17, 15) is 4.79 Å². The Kier molecular flexibility index (Phi) is 5.44. The number of unbranched alkanes of at least 4 members (excludes halogenated alkanes) is 1. The van der Waals surface area contributed by atoms with Crippen molar-refractivity contribution in [3.63, 3.8) is 0 Å². The highest BCUT2D eigenvalue weighted by molar-refractivity contribution is 5.84. The molecule has 17 heavy (non-hydrogen) atoms. The topological polar surface area (TPSA) is 32.3 Å². The predicted octanol–water partition coefficient (Wildman–Crippen LogP) is 2.62. The van der Waals surface area contributed by atoms with Gasteiger partial charge in [0.25, 0.3) is 0 Å². The highest BCUT2D eigenvalue weighted by atomic mass is 16.2. The monoisotopic (exact) mass is 240 g/mol. The number of carbonyl (C=O) groups excluding carboxylic acids is 1. The van der Waals surface area contributed by atoms with E-state index in [1.807, 2.05) is 0 Å². The Morgan fingerprint density at radius 2 is 1.94 bits per heavy atom. The minimum Gasteiger partial charge on any atom is -0.326 e. The summed E-state index contributed by atoms with van der Waals surface area (Å²) in [5.74, 6) is 1.21. The largest absolute Gasteiger partial charge is 0.326 e. The maximum Gasteiger partial charge on any atom is 0.241 e. The molecule has 3 heteroatoms. The van der Waals surface area contributed by atoms with Crippen LogP contribution in [0.1, 0.15) is 53.9 Å². The third kappa shape index (κ3) is 3.21. The summed E-state index contributed by atoms with van der Waals surface area (Å²) in [6, 6.07) is 0.0317. The maximum atomic E-state index is 12.4. The molecule has 3 nitrogen and oxygen atoms in total. The molecule has 1 rings (SSSR count). The number of nitrogens with one attached hydrogen (secondary N) is 1. The Bertz CT molecular complexity index is 253. The average Bonchev–Trinajstić information content (AvgIpc) is 2.63. The molecule has 3 atom stereocenters. The van der Waals surface area contributed by atoms with Gasteiger partial charge in [0.05, 0.1) is 12.2 Å². The number of amides is 1. The predicted molar refractivity (Wildman–Crippen MR) is 71.6 cm³/mol. The van der Waals surface area contributed by atoms with Gasteiger partial charge in [-0.3, -0.25) is 10.1 Å². The lowest BCUT2D eigenvalue weighted by molar-refractivity contribution is -0.131. The van der Waals surface area contributed by atoms with E-state index in [1.54, 1.807) is 0 Å². The SMILES string of the molecule is CCCCN1C(=O)C(C(C)CC)NC1C(C)C. The summed E-state index contributed by atoms with van der Waals surface area (Å²) in [4.78, 5) is 14.5. The van der Waals surface area contributed by atoms with Crippen molar-refractivity contribution < 1.29 is 4.79 Å². The van der Waals surface area contributed by atoms with Crippen LogP contribution < -0.4 is 5.32 Å². The van der Waals surface area contributed by atoms with Crippen LogP contribution in [0, 0.1) is 11.8 Å². The number of hydrogen-bond donors (Lipinski definition) is 1. The molecule has 1 heterocycles. The van der Waals surface area contributed by atoms with Crippen molar-refractivity contribution in [2.45, 2.75) is 66.1 Å². The minimum atomic E-state index is 0.0317. The van der Waals surface area contributed by atoms with Gasteiger partial charge in [0, 0.05) is 6.54 Å². The van der Waals surface area contributed by atoms with Gasteiger partial charge in [-0.2, -0.15) is 0 Å². The summed E-state index contributed by atoms with van der Waals surface area (Å²) in [5, 5.41) is 3.53. The third-order valence-electron chi connectivity index (χ3n) is 3.83. The van der Waals surface area contributed by atoms with Crippen LogP contribution in [-0.2, 0) is 4.79 Å². The van der Waals surface area contributed by atoms with E-state index in [-0.39, 0.29) is 12.2 Å². The molecule has 0 aromatic carbocycles. The lowest BCUT2D eigenvalue weighted by atomic mass is 9.99. The van der Waals surface area contributed by atoms with Gasteiger partial charge < -0.3 is 4.90 Å². The smallest absolute Gasteiger partial charge is 0.241 e. The zero-order chi connectivity index (χ0) is 13.0. The van der Waals surface area contributed by atoms with Crippen LogP contribution in [0.3, 0.4) is 0 Å². The van der Waals surface area contributed by atoms with Gasteiger partial charge in [-0.05, 0) is 18.3 Å². The molecule has 1 N–H and O–H groups in total. The first-order valence-corrected chi connectivity index (χ1v) is 7.09. The van der Waals surface area contributed by atoms with Gasteiger partial charge in [-0.1, -0.05) is 47.5 Å². The Hall–Kier alpha value is -0.570.